The molecule has 0 aromatic rings. The summed E-state index contributed by atoms with van der Waals surface area (Å²) in [5.74, 6) is 1.09. The first-order chi connectivity index (χ1) is 12.7. The van der Waals surface area contributed by atoms with Gasteiger partial charge in [0.05, 0.1) is 5.75 Å². The van der Waals surface area contributed by atoms with Crippen LogP contribution in [0.25, 0.3) is 0 Å². The van der Waals surface area contributed by atoms with E-state index in [0.29, 0.717) is 6.42 Å². The van der Waals surface area contributed by atoms with Crippen LogP contribution in [0.3, 0.4) is 0 Å². The number of carbonyl (C=O) groups is 1. The molecule has 0 bridgehead atoms. The molecule has 0 aromatic carbocycles. The van der Waals surface area contributed by atoms with E-state index in [1.807, 2.05) is 0 Å². The fourth-order valence-corrected chi connectivity index (χ4v) is 4.60. The SMILES string of the molecule is BrCCCCCBr.CC(=O)SCCCCCBr.O=S(=O)(Cl)CCCCCBr. The molecule has 0 aliphatic carbocycles. The van der Waals surface area contributed by atoms with Crippen molar-refractivity contribution < 1.29 is 13.2 Å². The summed E-state index contributed by atoms with van der Waals surface area (Å²) in [5.41, 5.74) is 0. The summed E-state index contributed by atoms with van der Waals surface area (Å²) >= 11 is 14.8. The van der Waals surface area contributed by atoms with E-state index < -0.39 is 9.05 Å². The van der Waals surface area contributed by atoms with Crippen LogP contribution in [0.15, 0.2) is 0 Å². The first-order valence-corrected chi connectivity index (χ1v) is 17.0. The van der Waals surface area contributed by atoms with Crippen LogP contribution >= 0.6 is 86.2 Å². The molecular weight excluding hydrogens is 671 g/mol. The Labute approximate surface area is 209 Å². The highest BCUT2D eigenvalue weighted by Crippen LogP contribution is 2.07. The van der Waals surface area contributed by atoms with Gasteiger partial charge in [-0.05, 0) is 38.5 Å². The van der Waals surface area contributed by atoms with Gasteiger partial charge in [-0.3, -0.25) is 4.79 Å². The van der Waals surface area contributed by atoms with E-state index in [0.717, 1.165) is 46.3 Å². The topological polar surface area (TPSA) is 51.2 Å². The molecule has 3 nitrogen and oxygen atoms in total. The van der Waals surface area contributed by atoms with Crippen molar-refractivity contribution in [1.29, 1.82) is 0 Å². The second kappa shape index (κ2) is 28.2. The van der Waals surface area contributed by atoms with Gasteiger partial charge < -0.3 is 0 Å². The lowest BCUT2D eigenvalue weighted by Gasteiger charge is -1.95. The van der Waals surface area contributed by atoms with E-state index in [1.165, 1.54) is 43.9 Å². The summed E-state index contributed by atoms with van der Waals surface area (Å²) in [7, 11) is 1.72. The van der Waals surface area contributed by atoms with Crippen molar-refractivity contribution in [2.45, 2.75) is 64.7 Å². The summed E-state index contributed by atoms with van der Waals surface area (Å²) < 4.78 is 20.7. The number of thioether (sulfide) groups is 1. The smallest absolute Gasteiger partial charge is 0.232 e. The summed E-state index contributed by atoms with van der Waals surface area (Å²) in [5, 5.41) is 4.55. The van der Waals surface area contributed by atoms with E-state index >= 15 is 0 Å². The molecule has 0 heterocycles. The molecular formula is C17H33Br4ClO3S2. The molecule has 0 unspecified atom stereocenters. The van der Waals surface area contributed by atoms with Gasteiger partial charge in [-0.25, -0.2) is 8.42 Å². The summed E-state index contributed by atoms with van der Waals surface area (Å²) in [6, 6.07) is 0. The van der Waals surface area contributed by atoms with Crippen molar-refractivity contribution in [3.8, 4) is 0 Å². The maximum absolute atomic E-state index is 10.4. The quantitative estimate of drug-likeness (QED) is 0.105. The molecule has 0 atom stereocenters. The van der Waals surface area contributed by atoms with Crippen LogP contribution in [0.5, 0.6) is 0 Å². The largest absolute Gasteiger partial charge is 0.288 e. The number of carbonyl (C=O) groups excluding carboxylic acids is 1. The average molecular weight is 705 g/mol. The Morgan fingerprint density at radius 2 is 1.11 bits per heavy atom. The van der Waals surface area contributed by atoms with Gasteiger partial charge in [0.25, 0.3) is 0 Å². The minimum absolute atomic E-state index is 0.0988. The Hall–Kier alpha value is 2.18. The third-order valence-electron chi connectivity index (χ3n) is 2.87. The first kappa shape index (κ1) is 33.8. The van der Waals surface area contributed by atoms with Gasteiger partial charge >= 0.3 is 0 Å². The second-order valence-corrected chi connectivity index (χ2v) is 12.9. The maximum Gasteiger partial charge on any atom is 0.232 e. The summed E-state index contributed by atoms with van der Waals surface area (Å²) in [6.07, 6.45) is 10.2. The van der Waals surface area contributed by atoms with Crippen LogP contribution in [-0.2, 0) is 13.8 Å². The highest BCUT2D eigenvalue weighted by atomic mass is 79.9. The van der Waals surface area contributed by atoms with Crippen molar-refractivity contribution in [2.75, 3.05) is 32.8 Å². The van der Waals surface area contributed by atoms with Crippen LogP contribution in [0, 0.1) is 0 Å². The van der Waals surface area contributed by atoms with Gasteiger partial charge in [0.1, 0.15) is 0 Å². The fourth-order valence-electron chi connectivity index (χ4n) is 1.50. The van der Waals surface area contributed by atoms with Crippen LogP contribution in [0.2, 0.25) is 0 Å². The molecule has 0 amide bonds. The van der Waals surface area contributed by atoms with Crippen LogP contribution in [-0.4, -0.2) is 46.4 Å². The zero-order chi connectivity index (χ0) is 21.4. The van der Waals surface area contributed by atoms with E-state index in [4.69, 9.17) is 10.7 Å². The minimum Gasteiger partial charge on any atom is -0.288 e. The summed E-state index contributed by atoms with van der Waals surface area (Å²) in [6.45, 7) is 1.62. The molecule has 166 valence electrons. The molecule has 0 radical (unpaired) electrons. The van der Waals surface area contributed by atoms with Crippen LogP contribution < -0.4 is 0 Å². The molecule has 27 heavy (non-hydrogen) atoms. The Morgan fingerprint density at radius 3 is 1.44 bits per heavy atom. The van der Waals surface area contributed by atoms with Crippen molar-refractivity contribution in [3.05, 3.63) is 0 Å². The van der Waals surface area contributed by atoms with Gasteiger partial charge in [-0.15, -0.1) is 0 Å². The number of unbranched alkanes of at least 4 members (excludes halogenated alkanes) is 6. The predicted octanol–water partition coefficient (Wildman–Crippen LogP) is 7.90. The third-order valence-corrected chi connectivity index (χ3v) is 7.25. The van der Waals surface area contributed by atoms with Crippen LogP contribution in [0.4, 0.5) is 0 Å². The maximum atomic E-state index is 10.4. The average Bonchev–Trinajstić information content (AvgIpc) is 2.59. The summed E-state index contributed by atoms with van der Waals surface area (Å²) in [4.78, 5) is 10.4. The van der Waals surface area contributed by atoms with Crippen molar-refractivity contribution >= 4 is 100 Å². The number of hydrogen-bond acceptors (Lipinski definition) is 4. The van der Waals surface area contributed by atoms with E-state index in [2.05, 4.69) is 63.7 Å². The molecule has 0 N–H and O–H groups in total. The van der Waals surface area contributed by atoms with E-state index in [9.17, 15) is 13.2 Å². The lowest BCUT2D eigenvalue weighted by Crippen LogP contribution is -1.96. The monoisotopic (exact) mass is 700 g/mol. The van der Waals surface area contributed by atoms with Crippen LogP contribution in [0.1, 0.15) is 64.7 Å². The lowest BCUT2D eigenvalue weighted by molar-refractivity contribution is -0.109. The molecule has 0 aliphatic rings. The zero-order valence-electron chi connectivity index (χ0n) is 16.0. The fraction of sp³-hybridized carbons (Fsp3) is 0.941. The second-order valence-electron chi connectivity index (χ2n) is 5.52. The minimum atomic E-state index is -3.25. The Bertz CT molecular complexity index is 396. The number of rotatable bonds is 14. The standard InChI is InChI=1S/C7H13BrOS.C5H10Br2.C5H10BrClO2S/c1-7(9)10-6-4-2-3-5-8;6-4-2-1-3-5-7;6-4-2-1-3-5-10(7,8)9/h2-6H2,1H3;1-5H2;1-5H2. The number of hydrogen-bond donors (Lipinski definition) is 0. The molecule has 10 heteroatoms. The van der Waals surface area contributed by atoms with Gasteiger partial charge in [-0.2, -0.15) is 0 Å². The molecule has 0 saturated carbocycles. The van der Waals surface area contributed by atoms with Gasteiger partial charge in [0.2, 0.25) is 9.05 Å². The molecule has 0 aliphatic heterocycles. The molecule has 0 aromatic heterocycles. The van der Waals surface area contributed by atoms with Crippen molar-refractivity contribution in [2.24, 2.45) is 0 Å². The predicted molar refractivity (Wildman–Crippen MR) is 140 cm³/mol. The van der Waals surface area contributed by atoms with E-state index in [1.54, 1.807) is 6.92 Å². The number of halogens is 5. The van der Waals surface area contributed by atoms with Crippen molar-refractivity contribution in [3.63, 3.8) is 0 Å². The molecule has 0 fully saturated rings. The molecule has 0 rings (SSSR count). The third kappa shape index (κ3) is 47.4. The normalized spacial score (nSPS) is 10.4. The Balaban J connectivity index is -0.000000326. The first-order valence-electron chi connectivity index (χ1n) is 9.04. The van der Waals surface area contributed by atoms with Gasteiger partial charge in [0.15, 0.2) is 5.12 Å². The zero-order valence-corrected chi connectivity index (χ0v) is 24.8. The van der Waals surface area contributed by atoms with Gasteiger partial charge in [-0.1, -0.05) is 94.7 Å². The van der Waals surface area contributed by atoms with Gasteiger partial charge in [0, 0.05) is 44.7 Å². The molecule has 0 spiro atoms. The molecule has 0 saturated heterocycles. The van der Waals surface area contributed by atoms with Crippen molar-refractivity contribution in [1.82, 2.24) is 0 Å². The lowest BCUT2D eigenvalue weighted by atomic mass is 10.3. The Morgan fingerprint density at radius 1 is 0.741 bits per heavy atom. The van der Waals surface area contributed by atoms with E-state index in [-0.39, 0.29) is 10.9 Å². The number of alkyl halides is 4. The highest BCUT2D eigenvalue weighted by Gasteiger charge is 2.02. The highest BCUT2D eigenvalue weighted by molar-refractivity contribution is 9.09. The Kier molecular flexibility index (Phi) is 35.3.